The molecule has 6 heteroatoms. The molecule has 1 aliphatic heterocycles. The van der Waals surface area contributed by atoms with E-state index in [0.29, 0.717) is 6.61 Å². The van der Waals surface area contributed by atoms with E-state index in [1.54, 1.807) is 0 Å². The molecule has 1 atom stereocenters. The Hall–Kier alpha value is -1.30. The fraction of sp³-hybridized carbons (Fsp3) is 0.667. The van der Waals surface area contributed by atoms with Crippen LogP contribution < -0.4 is 16.8 Å². The van der Waals surface area contributed by atoms with Crippen molar-refractivity contribution in [3.8, 4) is 0 Å². The number of guanidine groups is 1. The van der Waals surface area contributed by atoms with Crippen molar-refractivity contribution in [1.82, 2.24) is 5.32 Å². The molecule has 0 saturated carbocycles. The number of urea groups is 1. The van der Waals surface area contributed by atoms with Crippen molar-refractivity contribution >= 4 is 12.0 Å². The van der Waals surface area contributed by atoms with Crippen LogP contribution in [0.4, 0.5) is 4.79 Å². The fourth-order valence-electron chi connectivity index (χ4n) is 0.976. The predicted octanol–water partition coefficient (Wildman–Crippen LogP) is -0.894. The van der Waals surface area contributed by atoms with Crippen LogP contribution in [0, 0.1) is 0 Å². The molecule has 1 heterocycles. The second-order valence-corrected chi connectivity index (χ2v) is 2.47. The Kier molecular flexibility index (Phi) is 2.87. The van der Waals surface area contributed by atoms with E-state index in [2.05, 4.69) is 10.3 Å². The van der Waals surface area contributed by atoms with Crippen LogP contribution in [0.5, 0.6) is 0 Å². The van der Waals surface area contributed by atoms with Gasteiger partial charge in [-0.1, -0.05) is 0 Å². The van der Waals surface area contributed by atoms with E-state index in [1.165, 1.54) is 0 Å². The molecule has 0 aromatic carbocycles. The second-order valence-electron chi connectivity index (χ2n) is 2.47. The van der Waals surface area contributed by atoms with Crippen LogP contribution in [0.3, 0.4) is 0 Å². The molecule has 0 radical (unpaired) electrons. The fourth-order valence-corrected chi connectivity index (χ4v) is 0.976. The summed E-state index contributed by atoms with van der Waals surface area (Å²) in [6, 6.07) is -0.714. The normalized spacial score (nSPS) is 24.0. The molecule has 1 fully saturated rings. The first-order valence-electron chi connectivity index (χ1n) is 3.70. The van der Waals surface area contributed by atoms with Gasteiger partial charge in [0.05, 0.1) is 0 Å². The van der Waals surface area contributed by atoms with Crippen LogP contribution in [0.2, 0.25) is 0 Å². The van der Waals surface area contributed by atoms with Crippen LogP contribution in [0.15, 0.2) is 4.99 Å². The van der Waals surface area contributed by atoms with Gasteiger partial charge in [-0.2, -0.15) is 0 Å². The molecule has 0 bridgehead atoms. The highest BCUT2D eigenvalue weighted by molar-refractivity contribution is 5.94. The summed E-state index contributed by atoms with van der Waals surface area (Å²) in [4.78, 5) is 14.2. The first-order valence-corrected chi connectivity index (χ1v) is 3.70. The molecule has 0 aliphatic carbocycles. The SMILES string of the molecule is NC(=O)NC(N)=NC1CCCO1. The van der Waals surface area contributed by atoms with Crippen LogP contribution in [-0.4, -0.2) is 24.8 Å². The number of aliphatic imine (C=N–C) groups is 1. The predicted molar refractivity (Wildman–Crippen MR) is 43.3 cm³/mol. The third kappa shape index (κ3) is 2.75. The average molecular weight is 172 g/mol. The number of nitrogens with one attached hydrogen (secondary N) is 1. The Bertz CT molecular complexity index is 198. The average Bonchev–Trinajstić information content (AvgIpc) is 2.37. The van der Waals surface area contributed by atoms with Crippen LogP contribution >= 0.6 is 0 Å². The lowest BCUT2D eigenvalue weighted by Gasteiger charge is -2.04. The number of ether oxygens (including phenoxy) is 1. The van der Waals surface area contributed by atoms with E-state index in [4.69, 9.17) is 16.2 Å². The van der Waals surface area contributed by atoms with Gasteiger partial charge in [0.2, 0.25) is 0 Å². The number of rotatable bonds is 1. The Morgan fingerprint density at radius 1 is 1.58 bits per heavy atom. The van der Waals surface area contributed by atoms with E-state index in [-0.39, 0.29) is 12.2 Å². The molecule has 0 aromatic rings. The number of amides is 2. The van der Waals surface area contributed by atoms with Crippen molar-refractivity contribution in [3.63, 3.8) is 0 Å². The highest BCUT2D eigenvalue weighted by atomic mass is 16.5. The molecule has 1 saturated heterocycles. The van der Waals surface area contributed by atoms with Crippen LogP contribution in [0.25, 0.3) is 0 Å². The Labute approximate surface area is 70.0 Å². The van der Waals surface area contributed by atoms with Gasteiger partial charge in [0.25, 0.3) is 0 Å². The summed E-state index contributed by atoms with van der Waals surface area (Å²) >= 11 is 0. The number of nitrogens with two attached hydrogens (primary N) is 2. The first-order chi connectivity index (χ1) is 5.68. The molecule has 6 nitrogen and oxygen atoms in total. The minimum absolute atomic E-state index is 0.00870. The Balaban J connectivity index is 2.38. The molecule has 68 valence electrons. The maximum absolute atomic E-state index is 10.3. The van der Waals surface area contributed by atoms with Gasteiger partial charge in [-0.05, 0) is 12.8 Å². The Morgan fingerprint density at radius 2 is 2.33 bits per heavy atom. The lowest BCUT2D eigenvalue weighted by Crippen LogP contribution is -2.40. The number of carbonyl (C=O) groups is 1. The lowest BCUT2D eigenvalue weighted by atomic mass is 10.3. The van der Waals surface area contributed by atoms with Crippen molar-refractivity contribution < 1.29 is 9.53 Å². The minimum atomic E-state index is -0.714. The molecular weight excluding hydrogens is 160 g/mol. The van der Waals surface area contributed by atoms with E-state index in [0.717, 1.165) is 12.8 Å². The van der Waals surface area contributed by atoms with Gasteiger partial charge in [0, 0.05) is 6.61 Å². The summed E-state index contributed by atoms with van der Waals surface area (Å²) in [6.07, 6.45) is 1.58. The van der Waals surface area contributed by atoms with E-state index >= 15 is 0 Å². The molecule has 12 heavy (non-hydrogen) atoms. The molecular formula is C6H12N4O2. The van der Waals surface area contributed by atoms with Gasteiger partial charge < -0.3 is 16.2 Å². The van der Waals surface area contributed by atoms with Crippen molar-refractivity contribution in [2.24, 2.45) is 16.5 Å². The monoisotopic (exact) mass is 172 g/mol. The summed E-state index contributed by atoms with van der Waals surface area (Å²) in [6.45, 7) is 0.692. The lowest BCUT2D eigenvalue weighted by molar-refractivity contribution is 0.118. The van der Waals surface area contributed by atoms with Crippen molar-refractivity contribution in [1.29, 1.82) is 0 Å². The zero-order valence-electron chi connectivity index (χ0n) is 6.62. The van der Waals surface area contributed by atoms with Crippen molar-refractivity contribution in [2.45, 2.75) is 19.1 Å². The molecule has 0 aromatic heterocycles. The number of primary amides is 1. The van der Waals surface area contributed by atoms with Crippen LogP contribution in [0.1, 0.15) is 12.8 Å². The quantitative estimate of drug-likeness (QED) is 0.353. The molecule has 1 rings (SSSR count). The maximum atomic E-state index is 10.3. The zero-order chi connectivity index (χ0) is 8.97. The van der Waals surface area contributed by atoms with E-state index in [9.17, 15) is 4.79 Å². The van der Waals surface area contributed by atoms with Gasteiger partial charge in [-0.25, -0.2) is 9.79 Å². The Morgan fingerprint density at radius 3 is 2.83 bits per heavy atom. The third-order valence-corrected chi connectivity index (χ3v) is 1.44. The molecule has 2 amide bonds. The molecule has 1 unspecified atom stereocenters. The van der Waals surface area contributed by atoms with Gasteiger partial charge in [-0.15, -0.1) is 0 Å². The molecule has 5 N–H and O–H groups in total. The summed E-state index contributed by atoms with van der Waals surface area (Å²) < 4.78 is 5.15. The minimum Gasteiger partial charge on any atom is -0.369 e. The standard InChI is InChI=1S/C6H12N4O2/c7-5(10-6(8)11)9-4-2-1-3-12-4/h4H,1-3H2,(H5,7,8,9,10,11). The third-order valence-electron chi connectivity index (χ3n) is 1.44. The smallest absolute Gasteiger partial charge is 0.318 e. The number of nitrogens with zero attached hydrogens (tertiary/aromatic N) is 1. The maximum Gasteiger partial charge on any atom is 0.318 e. The topological polar surface area (TPSA) is 103 Å². The summed E-state index contributed by atoms with van der Waals surface area (Å²) in [5.41, 5.74) is 10.1. The number of hydrogen-bond donors (Lipinski definition) is 3. The van der Waals surface area contributed by atoms with Gasteiger partial charge in [0.1, 0.15) is 0 Å². The number of carbonyl (C=O) groups excluding carboxylic acids is 1. The first kappa shape index (κ1) is 8.79. The second kappa shape index (κ2) is 3.91. The highest BCUT2D eigenvalue weighted by Crippen LogP contribution is 2.12. The molecule has 1 aliphatic rings. The number of hydrogen-bond acceptors (Lipinski definition) is 3. The summed E-state index contributed by atoms with van der Waals surface area (Å²) in [5, 5.41) is 2.16. The van der Waals surface area contributed by atoms with Gasteiger partial charge >= 0.3 is 6.03 Å². The highest BCUT2D eigenvalue weighted by Gasteiger charge is 2.14. The summed E-state index contributed by atoms with van der Waals surface area (Å²) in [5.74, 6) is 0.00870. The summed E-state index contributed by atoms with van der Waals surface area (Å²) in [7, 11) is 0. The largest absolute Gasteiger partial charge is 0.369 e. The van der Waals surface area contributed by atoms with E-state index in [1.807, 2.05) is 0 Å². The molecule has 0 spiro atoms. The van der Waals surface area contributed by atoms with Crippen LogP contribution in [-0.2, 0) is 4.74 Å². The van der Waals surface area contributed by atoms with E-state index < -0.39 is 6.03 Å². The van der Waals surface area contributed by atoms with Crippen molar-refractivity contribution in [2.75, 3.05) is 6.61 Å². The van der Waals surface area contributed by atoms with Crippen molar-refractivity contribution in [3.05, 3.63) is 0 Å². The van der Waals surface area contributed by atoms with Gasteiger partial charge in [0.15, 0.2) is 12.2 Å². The van der Waals surface area contributed by atoms with Gasteiger partial charge in [-0.3, -0.25) is 5.32 Å². The zero-order valence-corrected chi connectivity index (χ0v) is 6.62.